The van der Waals surface area contributed by atoms with E-state index in [1.807, 2.05) is 48.8 Å². The number of rotatable bonds is 6. The zero-order valence-electron chi connectivity index (χ0n) is 18.1. The molecule has 12 heteroatoms. The van der Waals surface area contributed by atoms with Gasteiger partial charge >= 0.3 is 0 Å². The normalized spacial score (nSPS) is 14.4. The number of aliphatic hydroxyl groups excluding tert-OH is 1. The lowest BCUT2D eigenvalue weighted by atomic mass is 9.45. The fourth-order valence-corrected chi connectivity index (χ4v) is 3.23. The number of amides is 1. The van der Waals surface area contributed by atoms with E-state index in [1.165, 1.54) is 6.07 Å². The molecule has 2 atom stereocenters. The van der Waals surface area contributed by atoms with Gasteiger partial charge in [-0.1, -0.05) is 17.7 Å². The van der Waals surface area contributed by atoms with E-state index in [-0.39, 0.29) is 11.6 Å². The van der Waals surface area contributed by atoms with Crippen molar-refractivity contribution in [2.45, 2.75) is 30.7 Å². The van der Waals surface area contributed by atoms with Crippen LogP contribution in [0.15, 0.2) is 36.5 Å². The van der Waals surface area contributed by atoms with Crippen molar-refractivity contribution < 1.29 is 9.90 Å². The van der Waals surface area contributed by atoms with Gasteiger partial charge in [-0.3, -0.25) is 14.6 Å². The molecule has 3 rings (SSSR count). The van der Waals surface area contributed by atoms with Gasteiger partial charge in [0.05, 0.1) is 28.1 Å². The molecule has 0 fully saturated rings. The minimum Gasteiger partial charge on any atom is -0.387 e. The standard InChI is InChI=1S/C19H22B3ClN6O2/c1-10(30)15-8-16(27-26-15)17(31)25-18(2,20)19(21,22)29-6-5-14(28-29)11-3-4-12(9-24)13(23)7-11/h3-8,10,30H,20-22H2,1-2H3,(H,25,31)(H,26,27). The third-order valence-corrected chi connectivity index (χ3v) is 6.10. The Kier molecular flexibility index (Phi) is 6.08. The van der Waals surface area contributed by atoms with E-state index in [4.69, 9.17) is 22.0 Å². The molecule has 2 unspecified atom stereocenters. The molecule has 0 radical (unpaired) electrons. The van der Waals surface area contributed by atoms with Gasteiger partial charge in [-0.15, -0.1) is 0 Å². The predicted octanol–water partition coefficient (Wildman–Crippen LogP) is -0.493. The number of nitrogens with one attached hydrogen (secondary N) is 2. The topological polar surface area (TPSA) is 120 Å². The summed E-state index contributed by atoms with van der Waals surface area (Å²) in [5.74, 6) is -0.354. The fraction of sp³-hybridized carbons (Fsp3) is 0.263. The summed E-state index contributed by atoms with van der Waals surface area (Å²) in [7, 11) is 5.86. The summed E-state index contributed by atoms with van der Waals surface area (Å²) in [5, 5.41) is 32.8. The first-order valence-corrected chi connectivity index (χ1v) is 10.2. The Morgan fingerprint density at radius 3 is 2.65 bits per heavy atom. The minimum absolute atomic E-state index is 0.202. The van der Waals surface area contributed by atoms with Gasteiger partial charge < -0.3 is 10.4 Å². The summed E-state index contributed by atoms with van der Waals surface area (Å²) in [4.78, 5) is 12.8. The van der Waals surface area contributed by atoms with Crippen molar-refractivity contribution in [2.75, 3.05) is 0 Å². The molecule has 0 saturated carbocycles. The second kappa shape index (κ2) is 8.29. The summed E-state index contributed by atoms with van der Waals surface area (Å²) in [6.45, 7) is 3.51. The minimum atomic E-state index is -0.739. The number of benzene rings is 1. The Bertz CT molecular complexity index is 1170. The molecule has 2 aromatic heterocycles. The maximum Gasteiger partial charge on any atom is 0.271 e. The second-order valence-corrected chi connectivity index (χ2v) is 8.88. The molecule has 0 aliphatic rings. The molecule has 3 N–H and O–H groups in total. The van der Waals surface area contributed by atoms with Crippen molar-refractivity contribution in [3.8, 4) is 17.3 Å². The predicted molar refractivity (Wildman–Crippen MR) is 126 cm³/mol. The van der Waals surface area contributed by atoms with Crippen LogP contribution in [0.2, 0.25) is 5.02 Å². The van der Waals surface area contributed by atoms with Gasteiger partial charge in [-0.25, -0.2) is 0 Å². The van der Waals surface area contributed by atoms with Gasteiger partial charge in [-0.05, 0) is 38.1 Å². The molecule has 0 aliphatic carbocycles. The molecule has 0 saturated heterocycles. The molecule has 3 aromatic rings. The number of aromatic nitrogens is 4. The lowest BCUT2D eigenvalue weighted by molar-refractivity contribution is 0.0912. The molecular weight excluding hydrogens is 412 g/mol. The van der Waals surface area contributed by atoms with Crippen LogP contribution in [0.3, 0.4) is 0 Å². The van der Waals surface area contributed by atoms with E-state index in [2.05, 4.69) is 15.5 Å². The summed E-state index contributed by atoms with van der Waals surface area (Å²) in [6.07, 6.45) is 1.10. The van der Waals surface area contributed by atoms with Crippen molar-refractivity contribution in [3.63, 3.8) is 0 Å². The van der Waals surface area contributed by atoms with Crippen LogP contribution in [0.25, 0.3) is 11.3 Å². The summed E-state index contributed by atoms with van der Waals surface area (Å²) in [5.41, 5.74) is 1.87. The number of carbonyl (C=O) groups excluding carboxylic acids is 1. The number of hydrogen-bond donors (Lipinski definition) is 3. The van der Waals surface area contributed by atoms with Crippen LogP contribution >= 0.6 is 11.6 Å². The van der Waals surface area contributed by atoms with E-state index in [1.54, 1.807) is 29.8 Å². The highest BCUT2D eigenvalue weighted by Gasteiger charge is 2.40. The third kappa shape index (κ3) is 4.41. The van der Waals surface area contributed by atoms with Crippen LogP contribution in [0.5, 0.6) is 0 Å². The molecule has 156 valence electrons. The maximum absolute atomic E-state index is 12.8. The zero-order valence-corrected chi connectivity index (χ0v) is 18.8. The van der Waals surface area contributed by atoms with Crippen molar-refractivity contribution in [1.82, 2.24) is 25.3 Å². The van der Waals surface area contributed by atoms with E-state index in [0.29, 0.717) is 22.0 Å². The largest absolute Gasteiger partial charge is 0.387 e. The number of aromatic amines is 1. The molecule has 0 spiro atoms. The van der Waals surface area contributed by atoms with Gasteiger partial charge in [0.25, 0.3) is 5.91 Å². The van der Waals surface area contributed by atoms with Crippen LogP contribution in [0.4, 0.5) is 0 Å². The SMILES string of the molecule is BC(C)(NC(=O)c1cc(C(C)O)[nH]n1)C(B)(B)n1ccc(-c2ccc(C#N)c(Cl)c2)n1. The number of carbonyl (C=O) groups is 1. The highest BCUT2D eigenvalue weighted by Crippen LogP contribution is 2.27. The van der Waals surface area contributed by atoms with Crippen LogP contribution < -0.4 is 5.32 Å². The van der Waals surface area contributed by atoms with Crippen LogP contribution in [0.1, 0.15) is 41.7 Å². The van der Waals surface area contributed by atoms with Crippen LogP contribution in [-0.2, 0) is 5.34 Å². The average Bonchev–Trinajstić information content (AvgIpc) is 3.37. The van der Waals surface area contributed by atoms with Gasteiger partial charge in [0.15, 0.2) is 0 Å². The quantitative estimate of drug-likeness (QED) is 0.453. The lowest BCUT2D eigenvalue weighted by Crippen LogP contribution is -2.65. The average molecular weight is 434 g/mol. The van der Waals surface area contributed by atoms with Gasteiger partial charge in [0.1, 0.15) is 35.3 Å². The van der Waals surface area contributed by atoms with E-state index in [9.17, 15) is 9.90 Å². The number of nitrogens with zero attached hydrogens (tertiary/aromatic N) is 4. The van der Waals surface area contributed by atoms with Crippen molar-refractivity contribution >= 4 is 41.0 Å². The lowest BCUT2D eigenvalue weighted by Gasteiger charge is -2.43. The highest BCUT2D eigenvalue weighted by atomic mass is 35.5. The van der Waals surface area contributed by atoms with Crippen LogP contribution in [0, 0.1) is 11.3 Å². The first-order chi connectivity index (χ1) is 14.5. The van der Waals surface area contributed by atoms with Gasteiger partial charge in [-0.2, -0.15) is 15.5 Å². The molecule has 0 bridgehead atoms. The number of nitriles is 1. The van der Waals surface area contributed by atoms with E-state index < -0.39 is 16.9 Å². The summed E-state index contributed by atoms with van der Waals surface area (Å²) >= 11 is 6.16. The zero-order chi connectivity index (χ0) is 23.0. The maximum atomic E-state index is 12.8. The van der Waals surface area contributed by atoms with E-state index >= 15 is 0 Å². The second-order valence-electron chi connectivity index (χ2n) is 8.47. The molecule has 8 nitrogen and oxygen atoms in total. The van der Waals surface area contributed by atoms with Crippen molar-refractivity contribution in [3.05, 3.63) is 58.5 Å². The first-order valence-electron chi connectivity index (χ1n) is 9.78. The van der Waals surface area contributed by atoms with Crippen molar-refractivity contribution in [1.29, 1.82) is 5.26 Å². The highest BCUT2D eigenvalue weighted by molar-refractivity contribution is 6.43. The monoisotopic (exact) mass is 434 g/mol. The number of hydrogen-bond acceptors (Lipinski definition) is 5. The molecule has 2 heterocycles. The fourth-order valence-electron chi connectivity index (χ4n) is 3.01. The molecular formula is C19H22B3ClN6O2. The smallest absolute Gasteiger partial charge is 0.271 e. The number of H-pyrrole nitrogens is 1. The van der Waals surface area contributed by atoms with Crippen LogP contribution in [-0.4, -0.2) is 60.0 Å². The molecule has 1 amide bonds. The third-order valence-electron chi connectivity index (χ3n) is 5.78. The molecule has 31 heavy (non-hydrogen) atoms. The van der Waals surface area contributed by atoms with E-state index in [0.717, 1.165) is 5.56 Å². The molecule has 1 aromatic carbocycles. The Morgan fingerprint density at radius 1 is 1.35 bits per heavy atom. The summed E-state index contributed by atoms with van der Waals surface area (Å²) < 4.78 is 1.79. The van der Waals surface area contributed by atoms with Gasteiger partial charge in [0.2, 0.25) is 0 Å². The number of halogens is 1. The van der Waals surface area contributed by atoms with Crippen molar-refractivity contribution in [2.24, 2.45) is 0 Å². The number of aliphatic hydroxyl groups is 1. The van der Waals surface area contributed by atoms with Gasteiger partial charge in [0, 0.05) is 22.5 Å². The Balaban J connectivity index is 1.83. The summed E-state index contributed by atoms with van der Waals surface area (Å²) in [6, 6.07) is 10.6. The molecule has 0 aliphatic heterocycles. The Morgan fingerprint density at radius 2 is 2.06 bits per heavy atom. The Labute approximate surface area is 188 Å². The Hall–Kier alpha value is -2.96. The first kappa shape index (κ1) is 22.7.